The van der Waals surface area contributed by atoms with E-state index in [2.05, 4.69) is 41.2 Å². The van der Waals surface area contributed by atoms with E-state index in [-0.39, 0.29) is 0 Å². The number of anilines is 1. The zero-order chi connectivity index (χ0) is 11.4. The fourth-order valence-electron chi connectivity index (χ4n) is 1.50. The second kappa shape index (κ2) is 5.07. The van der Waals surface area contributed by atoms with Crippen molar-refractivity contribution in [1.82, 2.24) is 14.9 Å². The Balaban J connectivity index is 2.67. The van der Waals surface area contributed by atoms with Gasteiger partial charge in [-0.15, -0.1) is 0 Å². The lowest BCUT2D eigenvalue weighted by Gasteiger charge is -2.19. The van der Waals surface area contributed by atoms with Crippen LogP contribution in [0, 0.1) is 13.8 Å². The van der Waals surface area contributed by atoms with E-state index in [0.29, 0.717) is 6.04 Å². The monoisotopic (exact) mass is 208 g/mol. The number of nitrogens with zero attached hydrogens (tertiary/aromatic N) is 3. The molecule has 1 atom stereocenters. The summed E-state index contributed by atoms with van der Waals surface area (Å²) in [5.74, 6) is 0.893. The highest BCUT2D eigenvalue weighted by atomic mass is 15.1. The number of rotatable bonds is 4. The average Bonchev–Trinajstić information content (AvgIpc) is 2.10. The van der Waals surface area contributed by atoms with E-state index in [1.54, 1.807) is 6.20 Å². The summed E-state index contributed by atoms with van der Waals surface area (Å²) in [6.07, 6.45) is 1.79. The van der Waals surface area contributed by atoms with Crippen LogP contribution in [0.4, 0.5) is 5.82 Å². The third kappa shape index (κ3) is 3.83. The molecule has 15 heavy (non-hydrogen) atoms. The van der Waals surface area contributed by atoms with Gasteiger partial charge < -0.3 is 10.2 Å². The molecule has 0 saturated carbocycles. The van der Waals surface area contributed by atoms with Crippen LogP contribution < -0.4 is 5.32 Å². The smallest absolute Gasteiger partial charge is 0.148 e. The summed E-state index contributed by atoms with van der Waals surface area (Å²) in [6, 6.07) is 0.370. The van der Waals surface area contributed by atoms with Gasteiger partial charge in [-0.1, -0.05) is 0 Å². The summed E-state index contributed by atoms with van der Waals surface area (Å²) in [4.78, 5) is 10.8. The molecule has 1 N–H and O–H groups in total. The number of nitrogens with one attached hydrogen (secondary N) is 1. The summed E-state index contributed by atoms with van der Waals surface area (Å²) < 4.78 is 0. The van der Waals surface area contributed by atoms with Crippen LogP contribution in [0.3, 0.4) is 0 Å². The van der Waals surface area contributed by atoms with Crippen LogP contribution in [0.5, 0.6) is 0 Å². The molecule has 0 bridgehead atoms. The number of hydrogen-bond donors (Lipinski definition) is 1. The Morgan fingerprint density at radius 1 is 1.40 bits per heavy atom. The van der Waals surface area contributed by atoms with Crippen molar-refractivity contribution in [2.75, 3.05) is 26.0 Å². The van der Waals surface area contributed by atoms with Crippen LogP contribution in [0.15, 0.2) is 6.20 Å². The topological polar surface area (TPSA) is 41.1 Å². The highest BCUT2D eigenvalue weighted by Crippen LogP contribution is 2.10. The maximum absolute atomic E-state index is 4.43. The zero-order valence-corrected chi connectivity index (χ0v) is 10.2. The Kier molecular flexibility index (Phi) is 4.03. The molecule has 1 rings (SSSR count). The van der Waals surface area contributed by atoms with Crippen LogP contribution in [-0.4, -0.2) is 41.5 Å². The second-order valence-corrected chi connectivity index (χ2v) is 4.25. The molecule has 4 heteroatoms. The fourth-order valence-corrected chi connectivity index (χ4v) is 1.50. The molecule has 0 aliphatic rings. The van der Waals surface area contributed by atoms with Crippen molar-refractivity contribution in [3.05, 3.63) is 17.6 Å². The zero-order valence-electron chi connectivity index (χ0n) is 10.2. The third-order valence-corrected chi connectivity index (χ3v) is 2.10. The van der Waals surface area contributed by atoms with Crippen molar-refractivity contribution in [3.63, 3.8) is 0 Å². The highest BCUT2D eigenvalue weighted by molar-refractivity contribution is 5.40. The minimum atomic E-state index is 0.370. The standard InChI is InChI=1S/C11H20N4/c1-8-6-12-10(3)11(13-8)14-9(2)7-15(4)5/h6,9H,7H2,1-5H3,(H,13,14). The molecule has 0 saturated heterocycles. The van der Waals surface area contributed by atoms with Crippen molar-refractivity contribution in [2.45, 2.75) is 26.8 Å². The Hall–Kier alpha value is -1.16. The summed E-state index contributed by atoms with van der Waals surface area (Å²) in [5.41, 5.74) is 1.89. The van der Waals surface area contributed by atoms with E-state index in [9.17, 15) is 0 Å². The first-order valence-corrected chi connectivity index (χ1v) is 5.20. The first kappa shape index (κ1) is 11.9. The molecule has 0 spiro atoms. The van der Waals surface area contributed by atoms with Gasteiger partial charge in [0, 0.05) is 18.8 Å². The number of hydrogen-bond acceptors (Lipinski definition) is 4. The van der Waals surface area contributed by atoms with Crippen LogP contribution in [0.1, 0.15) is 18.3 Å². The van der Waals surface area contributed by atoms with Crippen molar-refractivity contribution < 1.29 is 0 Å². The summed E-state index contributed by atoms with van der Waals surface area (Å²) in [5, 5.41) is 3.37. The van der Waals surface area contributed by atoms with Crippen LogP contribution in [-0.2, 0) is 0 Å². The van der Waals surface area contributed by atoms with Crippen LogP contribution >= 0.6 is 0 Å². The lowest BCUT2D eigenvalue weighted by molar-refractivity contribution is 0.391. The van der Waals surface area contributed by atoms with Gasteiger partial charge >= 0.3 is 0 Å². The number of aromatic nitrogens is 2. The van der Waals surface area contributed by atoms with E-state index in [1.165, 1.54) is 0 Å². The van der Waals surface area contributed by atoms with E-state index >= 15 is 0 Å². The summed E-state index contributed by atoms with van der Waals surface area (Å²) in [7, 11) is 4.12. The SMILES string of the molecule is Cc1cnc(C)c(NC(C)CN(C)C)n1. The van der Waals surface area contributed by atoms with Crippen molar-refractivity contribution in [2.24, 2.45) is 0 Å². The molecule has 1 heterocycles. The molecule has 0 radical (unpaired) electrons. The second-order valence-electron chi connectivity index (χ2n) is 4.25. The van der Waals surface area contributed by atoms with E-state index in [4.69, 9.17) is 0 Å². The molecule has 0 aromatic carbocycles. The molecule has 84 valence electrons. The average molecular weight is 208 g/mol. The minimum Gasteiger partial charge on any atom is -0.365 e. The van der Waals surface area contributed by atoms with Gasteiger partial charge in [0.2, 0.25) is 0 Å². The van der Waals surface area contributed by atoms with Crippen molar-refractivity contribution >= 4 is 5.82 Å². The molecule has 1 aromatic rings. The lowest BCUT2D eigenvalue weighted by Crippen LogP contribution is -2.30. The highest BCUT2D eigenvalue weighted by Gasteiger charge is 2.07. The first-order valence-electron chi connectivity index (χ1n) is 5.20. The van der Waals surface area contributed by atoms with Gasteiger partial charge in [-0.25, -0.2) is 4.98 Å². The maximum Gasteiger partial charge on any atom is 0.148 e. The first-order chi connectivity index (χ1) is 6.99. The van der Waals surface area contributed by atoms with Gasteiger partial charge in [0.15, 0.2) is 0 Å². The Morgan fingerprint density at radius 2 is 2.07 bits per heavy atom. The molecule has 0 aliphatic carbocycles. The molecule has 4 nitrogen and oxygen atoms in total. The van der Waals surface area contributed by atoms with E-state index < -0.39 is 0 Å². The van der Waals surface area contributed by atoms with Crippen LogP contribution in [0.2, 0.25) is 0 Å². The summed E-state index contributed by atoms with van der Waals surface area (Å²) in [6.45, 7) is 7.05. The van der Waals surface area contributed by atoms with Gasteiger partial charge in [0.05, 0.1) is 11.4 Å². The largest absolute Gasteiger partial charge is 0.365 e. The lowest BCUT2D eigenvalue weighted by atomic mass is 10.3. The van der Waals surface area contributed by atoms with Gasteiger partial charge in [-0.05, 0) is 34.9 Å². The van der Waals surface area contributed by atoms with Gasteiger partial charge in [0.1, 0.15) is 5.82 Å². The Morgan fingerprint density at radius 3 is 2.67 bits per heavy atom. The quantitative estimate of drug-likeness (QED) is 0.813. The van der Waals surface area contributed by atoms with Gasteiger partial charge in [-0.3, -0.25) is 4.98 Å². The van der Waals surface area contributed by atoms with Gasteiger partial charge in [0.25, 0.3) is 0 Å². The van der Waals surface area contributed by atoms with E-state index in [0.717, 1.165) is 23.8 Å². The molecule has 0 fully saturated rings. The molecule has 1 unspecified atom stereocenters. The molecule has 0 amide bonds. The van der Waals surface area contributed by atoms with Crippen LogP contribution in [0.25, 0.3) is 0 Å². The van der Waals surface area contributed by atoms with Gasteiger partial charge in [-0.2, -0.15) is 0 Å². The number of aryl methyl sites for hydroxylation is 2. The number of likely N-dealkylation sites (N-methyl/N-ethyl adjacent to an activating group) is 1. The molecule has 1 aromatic heterocycles. The Bertz CT molecular complexity index is 322. The fraction of sp³-hybridized carbons (Fsp3) is 0.636. The minimum absolute atomic E-state index is 0.370. The van der Waals surface area contributed by atoms with Crippen molar-refractivity contribution in [1.29, 1.82) is 0 Å². The maximum atomic E-state index is 4.43. The molecular formula is C11H20N4. The van der Waals surface area contributed by atoms with E-state index in [1.807, 2.05) is 13.8 Å². The normalized spacial score (nSPS) is 12.9. The third-order valence-electron chi connectivity index (χ3n) is 2.10. The summed E-state index contributed by atoms with van der Waals surface area (Å²) >= 11 is 0. The predicted octanol–water partition coefficient (Wildman–Crippen LogP) is 1.46. The van der Waals surface area contributed by atoms with Crippen molar-refractivity contribution in [3.8, 4) is 0 Å². The predicted molar refractivity (Wildman–Crippen MR) is 63.1 cm³/mol. The Labute approximate surface area is 91.7 Å². The molecular weight excluding hydrogens is 188 g/mol. The molecule has 0 aliphatic heterocycles.